The first-order chi connectivity index (χ1) is 14.2. The van der Waals surface area contributed by atoms with E-state index in [-0.39, 0.29) is 6.61 Å². The number of aromatic nitrogens is 2. The highest BCUT2D eigenvalue weighted by Crippen LogP contribution is 2.30. The van der Waals surface area contributed by atoms with Gasteiger partial charge in [0.1, 0.15) is 12.1 Å². The smallest absolute Gasteiger partial charge is 0.171 e. The van der Waals surface area contributed by atoms with Crippen molar-refractivity contribution in [2.45, 2.75) is 32.6 Å². The van der Waals surface area contributed by atoms with Gasteiger partial charge in [0.2, 0.25) is 0 Å². The van der Waals surface area contributed by atoms with Crippen molar-refractivity contribution in [1.29, 1.82) is 0 Å². The number of hydrogen-bond acceptors (Lipinski definition) is 6. The van der Waals surface area contributed by atoms with Crippen molar-refractivity contribution in [2.24, 2.45) is 0 Å². The first kappa shape index (κ1) is 20.9. The number of benzene rings is 1. The molecule has 0 fully saturated rings. The molecule has 2 N–H and O–H groups in total. The number of rotatable bonds is 10. The van der Waals surface area contributed by atoms with Crippen LogP contribution >= 0.6 is 11.3 Å². The number of thiophene rings is 1. The molecule has 0 aliphatic heterocycles. The van der Waals surface area contributed by atoms with Crippen LogP contribution in [0.2, 0.25) is 0 Å². The fourth-order valence-electron chi connectivity index (χ4n) is 3.11. The van der Waals surface area contributed by atoms with Gasteiger partial charge in [-0.05, 0) is 54.0 Å². The van der Waals surface area contributed by atoms with E-state index in [0.29, 0.717) is 25.1 Å². The van der Waals surface area contributed by atoms with E-state index in [1.807, 2.05) is 41.8 Å². The van der Waals surface area contributed by atoms with Gasteiger partial charge in [0.15, 0.2) is 5.82 Å². The molecule has 150 valence electrons. The lowest BCUT2D eigenvalue weighted by molar-refractivity contribution is -0.107. The van der Waals surface area contributed by atoms with Crippen molar-refractivity contribution < 1.29 is 9.90 Å². The van der Waals surface area contributed by atoms with Gasteiger partial charge >= 0.3 is 0 Å². The van der Waals surface area contributed by atoms with E-state index >= 15 is 0 Å². The normalized spacial score (nSPS) is 10.7. The summed E-state index contributed by atoms with van der Waals surface area (Å²) in [5, 5.41) is 14.6. The number of aliphatic hydroxyl groups is 1. The molecule has 0 spiro atoms. The fraction of sp³-hybridized carbons (Fsp3) is 0.261. The minimum Gasteiger partial charge on any atom is -0.396 e. The maximum Gasteiger partial charge on any atom is 0.171 e. The number of carbonyl (C=O) groups is 1. The van der Waals surface area contributed by atoms with E-state index in [0.717, 1.165) is 51.5 Å². The predicted octanol–water partition coefficient (Wildman–Crippen LogP) is 4.52. The molecule has 1 aromatic carbocycles. The highest BCUT2D eigenvalue weighted by atomic mass is 32.1. The Morgan fingerprint density at radius 1 is 1.17 bits per heavy atom. The van der Waals surface area contributed by atoms with Crippen molar-refractivity contribution in [3.8, 4) is 10.7 Å². The van der Waals surface area contributed by atoms with Crippen LogP contribution in [0.25, 0.3) is 10.7 Å². The third kappa shape index (κ3) is 5.16. The first-order valence-electron chi connectivity index (χ1n) is 9.67. The van der Waals surface area contributed by atoms with Crippen LogP contribution in [0.4, 0.5) is 11.5 Å². The summed E-state index contributed by atoms with van der Waals surface area (Å²) < 4.78 is 0. The number of carbonyl (C=O) groups excluding carboxylic acids is 1. The first-order valence-corrected chi connectivity index (χ1v) is 10.5. The number of aliphatic hydroxyl groups excluding tert-OH is 1. The Hall–Kier alpha value is -2.83. The van der Waals surface area contributed by atoms with E-state index in [2.05, 4.69) is 18.8 Å². The molecule has 0 aliphatic carbocycles. The van der Waals surface area contributed by atoms with Crippen LogP contribution in [0.1, 0.15) is 29.3 Å². The molecule has 3 rings (SSSR count). The van der Waals surface area contributed by atoms with Gasteiger partial charge in [-0.2, -0.15) is 0 Å². The lowest BCUT2D eigenvalue weighted by Gasteiger charge is -2.15. The summed E-state index contributed by atoms with van der Waals surface area (Å²) in [6.45, 7) is 6.09. The third-order valence-electron chi connectivity index (χ3n) is 4.59. The van der Waals surface area contributed by atoms with E-state index in [9.17, 15) is 9.90 Å². The summed E-state index contributed by atoms with van der Waals surface area (Å²) in [7, 11) is 0. The molecule has 0 bridgehead atoms. The SMILES string of the molecule is C=CCc1c(CC)nc(-c2cc(CCO)cs2)nc1Nc1ccc(CC=O)cc1. The van der Waals surface area contributed by atoms with Gasteiger partial charge in [-0.1, -0.05) is 25.1 Å². The molecular formula is C23H25N3O2S. The Balaban J connectivity index is 1.99. The molecule has 0 amide bonds. The molecule has 6 heteroatoms. The number of anilines is 2. The van der Waals surface area contributed by atoms with Gasteiger partial charge in [-0.25, -0.2) is 9.97 Å². The molecule has 0 aliphatic rings. The van der Waals surface area contributed by atoms with Crippen molar-refractivity contribution >= 4 is 29.1 Å². The molecule has 5 nitrogen and oxygen atoms in total. The highest BCUT2D eigenvalue weighted by Gasteiger charge is 2.15. The quantitative estimate of drug-likeness (QED) is 0.382. The third-order valence-corrected chi connectivity index (χ3v) is 5.56. The second-order valence-electron chi connectivity index (χ2n) is 6.65. The monoisotopic (exact) mass is 407 g/mol. The molecule has 29 heavy (non-hydrogen) atoms. The van der Waals surface area contributed by atoms with Crippen molar-refractivity contribution in [3.63, 3.8) is 0 Å². The summed E-state index contributed by atoms with van der Waals surface area (Å²) >= 11 is 1.59. The van der Waals surface area contributed by atoms with E-state index in [1.165, 1.54) is 0 Å². The molecule has 0 unspecified atom stereocenters. The zero-order chi connectivity index (χ0) is 20.6. The maximum absolute atomic E-state index is 10.7. The number of nitrogens with one attached hydrogen (secondary N) is 1. The standard InChI is InChI=1S/C23H25N3O2S/c1-3-5-19-20(4-2)25-23(21-14-17(11-13-28)15-29-21)26-22(19)24-18-8-6-16(7-9-18)10-12-27/h3,6-9,12,14-15,28H,1,4-5,10-11,13H2,2H3,(H,24,25,26). The zero-order valence-corrected chi connectivity index (χ0v) is 17.3. The number of nitrogens with zero attached hydrogens (tertiary/aromatic N) is 2. The van der Waals surface area contributed by atoms with E-state index in [1.54, 1.807) is 11.3 Å². The lowest BCUT2D eigenvalue weighted by atomic mass is 10.1. The molecular weight excluding hydrogens is 382 g/mol. The minimum absolute atomic E-state index is 0.127. The highest BCUT2D eigenvalue weighted by molar-refractivity contribution is 7.13. The topological polar surface area (TPSA) is 75.1 Å². The van der Waals surface area contributed by atoms with Crippen LogP contribution in [-0.2, 0) is 30.5 Å². The fourth-order valence-corrected chi connectivity index (χ4v) is 3.99. The summed E-state index contributed by atoms with van der Waals surface area (Å²) in [6, 6.07) is 9.82. The van der Waals surface area contributed by atoms with Crippen LogP contribution in [0.5, 0.6) is 0 Å². The van der Waals surface area contributed by atoms with Crippen molar-refractivity contribution in [2.75, 3.05) is 11.9 Å². The second-order valence-corrected chi connectivity index (χ2v) is 7.56. The Bertz CT molecular complexity index is 980. The summed E-state index contributed by atoms with van der Waals surface area (Å²) in [4.78, 5) is 21.3. The molecule has 0 saturated carbocycles. The maximum atomic E-state index is 10.7. The Labute approximate surface area is 175 Å². The minimum atomic E-state index is 0.127. The Morgan fingerprint density at radius 2 is 1.97 bits per heavy atom. The zero-order valence-electron chi connectivity index (χ0n) is 16.5. The van der Waals surface area contributed by atoms with Crippen LogP contribution in [-0.4, -0.2) is 28.0 Å². The van der Waals surface area contributed by atoms with E-state index in [4.69, 9.17) is 9.97 Å². The average Bonchev–Trinajstić information content (AvgIpc) is 3.20. The largest absolute Gasteiger partial charge is 0.396 e. The lowest BCUT2D eigenvalue weighted by Crippen LogP contribution is -2.07. The molecule has 2 heterocycles. The summed E-state index contributed by atoms with van der Waals surface area (Å²) in [5.41, 5.74) is 5.00. The van der Waals surface area contributed by atoms with Gasteiger partial charge < -0.3 is 15.2 Å². The molecule has 2 aromatic heterocycles. The van der Waals surface area contributed by atoms with Gasteiger partial charge in [0.25, 0.3) is 0 Å². The Kier molecular flexibility index (Phi) is 7.27. The van der Waals surface area contributed by atoms with Crippen LogP contribution in [0, 0.1) is 0 Å². The molecule has 0 saturated heterocycles. The number of hydrogen-bond donors (Lipinski definition) is 2. The predicted molar refractivity (Wildman–Crippen MR) is 119 cm³/mol. The second kappa shape index (κ2) is 10.1. The van der Waals surface area contributed by atoms with Gasteiger partial charge in [0, 0.05) is 30.0 Å². The van der Waals surface area contributed by atoms with Crippen LogP contribution < -0.4 is 5.32 Å². The molecule has 0 atom stereocenters. The summed E-state index contributed by atoms with van der Waals surface area (Å²) in [5.74, 6) is 1.45. The number of aryl methyl sites for hydroxylation is 1. The van der Waals surface area contributed by atoms with Gasteiger partial charge in [-0.3, -0.25) is 0 Å². The number of allylic oxidation sites excluding steroid dienone is 1. The van der Waals surface area contributed by atoms with Gasteiger partial charge in [-0.15, -0.1) is 17.9 Å². The van der Waals surface area contributed by atoms with E-state index < -0.39 is 0 Å². The van der Waals surface area contributed by atoms with Crippen LogP contribution in [0.15, 0.2) is 48.4 Å². The average molecular weight is 408 g/mol. The molecule has 3 aromatic rings. The number of aldehydes is 1. The van der Waals surface area contributed by atoms with Gasteiger partial charge in [0.05, 0.1) is 4.88 Å². The van der Waals surface area contributed by atoms with Crippen molar-refractivity contribution in [3.05, 3.63) is 70.8 Å². The summed E-state index contributed by atoms with van der Waals surface area (Å²) in [6.07, 6.45) is 5.27. The van der Waals surface area contributed by atoms with Crippen molar-refractivity contribution in [1.82, 2.24) is 9.97 Å². The molecule has 0 radical (unpaired) electrons. The Morgan fingerprint density at radius 3 is 2.62 bits per heavy atom. The van der Waals surface area contributed by atoms with Crippen LogP contribution in [0.3, 0.4) is 0 Å².